The number of nitrogens with zero attached hydrogens (tertiary/aromatic N) is 1. The molecule has 0 unspecified atom stereocenters. The molecule has 0 atom stereocenters. The van der Waals surface area contributed by atoms with Crippen molar-refractivity contribution in [1.82, 2.24) is 10.2 Å². The summed E-state index contributed by atoms with van der Waals surface area (Å²) in [5.41, 5.74) is 0.800. The minimum absolute atomic E-state index is 0.0480. The molecule has 1 saturated heterocycles. The van der Waals surface area contributed by atoms with Crippen LogP contribution in [0.4, 0.5) is 5.69 Å². The van der Waals surface area contributed by atoms with Crippen molar-refractivity contribution < 1.29 is 13.2 Å². The van der Waals surface area contributed by atoms with E-state index in [2.05, 4.69) is 10.0 Å². The molecule has 1 fully saturated rings. The number of amides is 1. The van der Waals surface area contributed by atoms with Crippen LogP contribution in [0.5, 0.6) is 0 Å². The van der Waals surface area contributed by atoms with Gasteiger partial charge in [-0.1, -0.05) is 19.1 Å². The fourth-order valence-electron chi connectivity index (χ4n) is 3.19. The molecule has 1 amide bonds. The first-order valence-corrected chi connectivity index (χ1v) is 10.7. The second kappa shape index (κ2) is 9.20. The molecule has 2 N–H and O–H groups in total. The molecule has 0 aromatic heterocycles. The SMILES string of the molecule is CCCS(=O)(=O)Nc1ccccc1C(=O)N1CCC(CCNC)CC1. The minimum Gasteiger partial charge on any atom is -0.339 e. The van der Waals surface area contributed by atoms with Crippen molar-refractivity contribution in [3.8, 4) is 0 Å². The van der Waals surface area contributed by atoms with Crippen LogP contribution in [0, 0.1) is 5.92 Å². The lowest BCUT2D eigenvalue weighted by Crippen LogP contribution is -2.39. The maximum Gasteiger partial charge on any atom is 0.255 e. The van der Waals surface area contributed by atoms with Crippen LogP contribution < -0.4 is 10.0 Å². The van der Waals surface area contributed by atoms with Crippen molar-refractivity contribution in [2.75, 3.05) is 37.2 Å². The Morgan fingerprint density at radius 2 is 1.92 bits per heavy atom. The number of para-hydroxylation sites is 1. The van der Waals surface area contributed by atoms with Crippen LogP contribution in [0.2, 0.25) is 0 Å². The van der Waals surface area contributed by atoms with Gasteiger partial charge in [0.15, 0.2) is 0 Å². The first-order chi connectivity index (χ1) is 12.0. The van der Waals surface area contributed by atoms with Gasteiger partial charge in [-0.25, -0.2) is 8.42 Å². The number of nitrogens with one attached hydrogen (secondary N) is 2. The molecule has 2 rings (SSSR count). The van der Waals surface area contributed by atoms with Crippen LogP contribution in [0.25, 0.3) is 0 Å². The molecule has 140 valence electrons. The summed E-state index contributed by atoms with van der Waals surface area (Å²) in [4.78, 5) is 14.7. The normalized spacial score (nSPS) is 16.0. The third-order valence-electron chi connectivity index (χ3n) is 4.60. The van der Waals surface area contributed by atoms with Gasteiger partial charge in [-0.05, 0) is 57.3 Å². The zero-order chi connectivity index (χ0) is 18.3. The van der Waals surface area contributed by atoms with Crippen LogP contribution in [-0.4, -0.2) is 51.7 Å². The molecule has 1 aliphatic rings. The van der Waals surface area contributed by atoms with Gasteiger partial charge in [0, 0.05) is 13.1 Å². The van der Waals surface area contributed by atoms with Gasteiger partial charge < -0.3 is 10.2 Å². The Balaban J connectivity index is 2.05. The molecule has 1 aromatic carbocycles. The van der Waals surface area contributed by atoms with E-state index in [0.29, 0.717) is 23.6 Å². The average Bonchev–Trinajstić information content (AvgIpc) is 2.60. The highest BCUT2D eigenvalue weighted by Crippen LogP contribution is 2.24. The topological polar surface area (TPSA) is 78.5 Å². The van der Waals surface area contributed by atoms with Gasteiger partial charge in [0.25, 0.3) is 5.91 Å². The Kier molecular flexibility index (Phi) is 7.25. The summed E-state index contributed by atoms with van der Waals surface area (Å²) in [6, 6.07) is 6.86. The van der Waals surface area contributed by atoms with E-state index in [4.69, 9.17) is 0 Å². The summed E-state index contributed by atoms with van der Waals surface area (Å²) >= 11 is 0. The van der Waals surface area contributed by atoms with Crippen molar-refractivity contribution in [3.63, 3.8) is 0 Å². The summed E-state index contributed by atoms with van der Waals surface area (Å²) in [6.07, 6.45) is 3.66. The number of anilines is 1. The predicted molar refractivity (Wildman–Crippen MR) is 101 cm³/mol. The zero-order valence-electron chi connectivity index (χ0n) is 15.1. The Hall–Kier alpha value is -1.60. The number of rotatable bonds is 8. The highest BCUT2D eigenvalue weighted by atomic mass is 32.2. The summed E-state index contributed by atoms with van der Waals surface area (Å²) in [6.45, 7) is 4.27. The lowest BCUT2D eigenvalue weighted by molar-refractivity contribution is 0.0688. The third-order valence-corrected chi connectivity index (χ3v) is 6.08. The molecular formula is C18H29N3O3S. The van der Waals surface area contributed by atoms with Crippen LogP contribution >= 0.6 is 0 Å². The van der Waals surface area contributed by atoms with E-state index in [-0.39, 0.29) is 11.7 Å². The van der Waals surface area contributed by atoms with Gasteiger partial charge in [-0.15, -0.1) is 0 Å². The summed E-state index contributed by atoms with van der Waals surface area (Å²) < 4.78 is 26.7. The van der Waals surface area contributed by atoms with Crippen LogP contribution in [0.3, 0.4) is 0 Å². The maximum atomic E-state index is 12.9. The van der Waals surface area contributed by atoms with Crippen molar-refractivity contribution in [2.45, 2.75) is 32.6 Å². The standard InChI is InChI=1S/C18H29N3O3S/c1-3-14-25(23,24)20-17-7-5-4-6-16(17)18(22)21-12-9-15(10-13-21)8-11-19-2/h4-7,15,19-20H,3,8-14H2,1-2H3. The summed E-state index contributed by atoms with van der Waals surface area (Å²) in [5, 5.41) is 3.17. The van der Waals surface area contributed by atoms with E-state index < -0.39 is 10.0 Å². The number of sulfonamides is 1. The smallest absolute Gasteiger partial charge is 0.255 e. The van der Waals surface area contributed by atoms with Gasteiger partial charge in [0.1, 0.15) is 0 Å². The first kappa shape index (κ1) is 19.7. The van der Waals surface area contributed by atoms with Crippen LogP contribution in [-0.2, 0) is 10.0 Å². The van der Waals surface area contributed by atoms with E-state index in [1.165, 1.54) is 0 Å². The molecule has 7 heteroatoms. The van der Waals surface area contributed by atoms with Gasteiger partial charge in [-0.2, -0.15) is 0 Å². The van der Waals surface area contributed by atoms with Gasteiger partial charge in [0.05, 0.1) is 17.0 Å². The minimum atomic E-state index is -3.42. The lowest BCUT2D eigenvalue weighted by atomic mass is 9.93. The molecular weight excluding hydrogens is 338 g/mol. The molecule has 0 saturated carbocycles. The van der Waals surface area contributed by atoms with Gasteiger partial charge in [-0.3, -0.25) is 9.52 Å². The summed E-state index contributed by atoms with van der Waals surface area (Å²) in [7, 11) is -1.46. The number of benzene rings is 1. The first-order valence-electron chi connectivity index (χ1n) is 9.00. The third kappa shape index (κ3) is 5.71. The molecule has 0 radical (unpaired) electrons. The lowest BCUT2D eigenvalue weighted by Gasteiger charge is -2.32. The Morgan fingerprint density at radius 1 is 1.24 bits per heavy atom. The Morgan fingerprint density at radius 3 is 2.56 bits per heavy atom. The average molecular weight is 368 g/mol. The molecule has 1 heterocycles. The molecule has 0 spiro atoms. The molecule has 0 aliphatic carbocycles. The largest absolute Gasteiger partial charge is 0.339 e. The van der Waals surface area contributed by atoms with Crippen molar-refractivity contribution in [2.24, 2.45) is 5.92 Å². The number of piperidine rings is 1. The van der Waals surface area contributed by atoms with Crippen LogP contribution in [0.15, 0.2) is 24.3 Å². The predicted octanol–water partition coefficient (Wildman–Crippen LogP) is 2.30. The number of carbonyl (C=O) groups is 1. The second-order valence-electron chi connectivity index (χ2n) is 6.59. The molecule has 1 aromatic rings. The van der Waals surface area contributed by atoms with Crippen molar-refractivity contribution in [3.05, 3.63) is 29.8 Å². The number of hydrogen-bond donors (Lipinski definition) is 2. The molecule has 0 bridgehead atoms. The molecule has 1 aliphatic heterocycles. The Labute approximate surface area is 151 Å². The van der Waals surface area contributed by atoms with E-state index in [9.17, 15) is 13.2 Å². The van der Waals surface area contributed by atoms with E-state index in [1.54, 1.807) is 24.3 Å². The van der Waals surface area contributed by atoms with E-state index >= 15 is 0 Å². The monoisotopic (exact) mass is 367 g/mol. The fraction of sp³-hybridized carbons (Fsp3) is 0.611. The van der Waals surface area contributed by atoms with Crippen molar-refractivity contribution >= 4 is 21.6 Å². The number of carbonyl (C=O) groups excluding carboxylic acids is 1. The maximum absolute atomic E-state index is 12.9. The highest BCUT2D eigenvalue weighted by Gasteiger charge is 2.25. The zero-order valence-corrected chi connectivity index (χ0v) is 15.9. The van der Waals surface area contributed by atoms with Gasteiger partial charge >= 0.3 is 0 Å². The van der Waals surface area contributed by atoms with Crippen LogP contribution in [0.1, 0.15) is 43.0 Å². The number of likely N-dealkylation sites (tertiary alicyclic amines) is 1. The second-order valence-corrected chi connectivity index (χ2v) is 8.44. The number of hydrogen-bond acceptors (Lipinski definition) is 4. The quantitative estimate of drug-likeness (QED) is 0.739. The molecule has 6 nitrogen and oxygen atoms in total. The van der Waals surface area contributed by atoms with Crippen molar-refractivity contribution in [1.29, 1.82) is 0 Å². The van der Waals surface area contributed by atoms with Gasteiger partial charge in [0.2, 0.25) is 10.0 Å². The fourth-order valence-corrected chi connectivity index (χ4v) is 4.34. The van der Waals surface area contributed by atoms with E-state index in [0.717, 1.165) is 38.9 Å². The molecule has 25 heavy (non-hydrogen) atoms. The van der Waals surface area contributed by atoms with E-state index in [1.807, 2.05) is 18.9 Å². The Bertz CT molecular complexity index is 668. The highest BCUT2D eigenvalue weighted by molar-refractivity contribution is 7.92. The summed E-state index contributed by atoms with van der Waals surface area (Å²) in [5.74, 6) is 0.600.